The summed E-state index contributed by atoms with van der Waals surface area (Å²) in [4.78, 5) is 47.6. The van der Waals surface area contributed by atoms with Crippen molar-refractivity contribution in [3.8, 4) is 22.8 Å². The number of amides is 3. The van der Waals surface area contributed by atoms with Crippen LogP contribution >= 0.6 is 0 Å². The minimum Gasteiger partial charge on any atom is -0.493 e. The van der Waals surface area contributed by atoms with Crippen LogP contribution < -0.4 is 9.47 Å². The molecule has 0 saturated carbocycles. The molecule has 44 heavy (non-hydrogen) atoms. The van der Waals surface area contributed by atoms with Crippen molar-refractivity contribution >= 4 is 28.8 Å². The smallest absolute Gasteiger partial charge is 0.410 e. The molecule has 3 aromatic rings. The predicted molar refractivity (Wildman–Crippen MR) is 169 cm³/mol. The minimum absolute atomic E-state index is 0.00686. The number of carbonyl (C=O) groups is 3. The SMILES string of the molecule is COc1ccc(-c2[nH]c3ccc(C(=O)N4CC5CN(C(=O)CN(C)C(=O)OC(C)(C)C)CC5C4)cc3c2C(C)C)cc1OC. The first kappa shape index (κ1) is 31.2. The molecule has 0 aliphatic carbocycles. The second kappa shape index (κ2) is 12.1. The number of aromatic amines is 1. The van der Waals surface area contributed by atoms with Gasteiger partial charge in [0.25, 0.3) is 5.91 Å². The van der Waals surface area contributed by atoms with Crippen LogP contribution in [-0.4, -0.2) is 97.2 Å². The van der Waals surface area contributed by atoms with Gasteiger partial charge in [-0.15, -0.1) is 0 Å². The van der Waals surface area contributed by atoms with Crippen LogP contribution in [0.2, 0.25) is 0 Å². The van der Waals surface area contributed by atoms with E-state index < -0.39 is 11.7 Å². The van der Waals surface area contributed by atoms with Crippen LogP contribution in [0.4, 0.5) is 4.79 Å². The second-order valence-corrected chi connectivity index (χ2v) is 13.3. The van der Waals surface area contributed by atoms with E-state index in [0.29, 0.717) is 43.2 Å². The molecule has 10 heteroatoms. The Morgan fingerprint density at radius 2 is 1.57 bits per heavy atom. The molecule has 10 nitrogen and oxygen atoms in total. The van der Waals surface area contributed by atoms with E-state index in [2.05, 4.69) is 18.8 Å². The summed E-state index contributed by atoms with van der Waals surface area (Å²) in [6.07, 6.45) is -0.516. The first-order valence-electron chi connectivity index (χ1n) is 15.2. The Bertz CT molecular complexity index is 1560. The largest absolute Gasteiger partial charge is 0.493 e. The van der Waals surface area contributed by atoms with Gasteiger partial charge < -0.3 is 33.9 Å². The van der Waals surface area contributed by atoms with Crippen molar-refractivity contribution < 1.29 is 28.6 Å². The Balaban J connectivity index is 1.28. The number of hydrogen-bond acceptors (Lipinski definition) is 6. The summed E-state index contributed by atoms with van der Waals surface area (Å²) >= 11 is 0. The number of aromatic nitrogens is 1. The number of methoxy groups -OCH3 is 2. The molecule has 3 amide bonds. The monoisotopic (exact) mass is 604 g/mol. The van der Waals surface area contributed by atoms with Crippen molar-refractivity contribution in [3.63, 3.8) is 0 Å². The number of likely N-dealkylation sites (N-methyl/N-ethyl adjacent to an activating group) is 1. The van der Waals surface area contributed by atoms with Gasteiger partial charge in [0.2, 0.25) is 5.91 Å². The zero-order valence-electron chi connectivity index (χ0n) is 27.0. The van der Waals surface area contributed by atoms with Gasteiger partial charge in [-0.3, -0.25) is 9.59 Å². The molecular formula is C34H44N4O6. The molecule has 0 radical (unpaired) electrons. The fraction of sp³-hybridized carbons (Fsp3) is 0.500. The van der Waals surface area contributed by atoms with Crippen LogP contribution in [0.1, 0.15) is 56.5 Å². The fourth-order valence-corrected chi connectivity index (χ4v) is 6.42. The van der Waals surface area contributed by atoms with Crippen molar-refractivity contribution in [1.82, 2.24) is 19.7 Å². The molecule has 2 fully saturated rings. The van der Waals surface area contributed by atoms with Crippen LogP contribution in [0.15, 0.2) is 36.4 Å². The molecular weight excluding hydrogens is 560 g/mol. The average Bonchev–Trinajstić information content (AvgIpc) is 3.67. The van der Waals surface area contributed by atoms with Crippen molar-refractivity contribution in [2.75, 3.05) is 54.0 Å². The highest BCUT2D eigenvalue weighted by molar-refractivity contribution is 6.01. The number of benzene rings is 2. The van der Waals surface area contributed by atoms with Crippen molar-refractivity contribution in [2.45, 2.75) is 46.1 Å². The van der Waals surface area contributed by atoms with E-state index in [1.54, 1.807) is 42.0 Å². The number of carbonyl (C=O) groups excluding carboxylic acids is 3. The molecule has 2 aromatic carbocycles. The van der Waals surface area contributed by atoms with E-state index in [9.17, 15) is 14.4 Å². The van der Waals surface area contributed by atoms with Crippen LogP contribution in [-0.2, 0) is 9.53 Å². The summed E-state index contributed by atoms with van der Waals surface area (Å²) in [5, 5.41) is 1.03. The number of hydrogen-bond donors (Lipinski definition) is 1. The summed E-state index contributed by atoms with van der Waals surface area (Å²) in [5.41, 5.74) is 4.13. The lowest BCUT2D eigenvalue weighted by molar-refractivity contribution is -0.131. The predicted octanol–water partition coefficient (Wildman–Crippen LogP) is 5.37. The quantitative estimate of drug-likeness (QED) is 0.389. The maximum atomic E-state index is 13.7. The molecule has 2 saturated heterocycles. The lowest BCUT2D eigenvalue weighted by Crippen LogP contribution is -2.43. The summed E-state index contributed by atoms with van der Waals surface area (Å²) in [6.45, 7) is 12.0. The van der Waals surface area contributed by atoms with Crippen molar-refractivity contribution in [3.05, 3.63) is 47.5 Å². The molecule has 236 valence electrons. The van der Waals surface area contributed by atoms with Crippen LogP contribution in [0.5, 0.6) is 11.5 Å². The molecule has 2 aliphatic heterocycles. The second-order valence-electron chi connectivity index (χ2n) is 13.3. The number of ether oxygens (including phenoxy) is 3. The molecule has 0 spiro atoms. The van der Waals surface area contributed by atoms with Gasteiger partial charge in [0.15, 0.2) is 11.5 Å². The Hall–Kier alpha value is -4.21. The first-order chi connectivity index (χ1) is 20.8. The average molecular weight is 605 g/mol. The van der Waals surface area contributed by atoms with Gasteiger partial charge in [0.1, 0.15) is 12.1 Å². The zero-order chi connectivity index (χ0) is 31.9. The number of H-pyrrole nitrogens is 1. The third-order valence-corrected chi connectivity index (χ3v) is 8.54. The third kappa shape index (κ3) is 6.21. The third-order valence-electron chi connectivity index (χ3n) is 8.54. The van der Waals surface area contributed by atoms with Crippen LogP contribution in [0.3, 0.4) is 0 Å². The number of nitrogens with zero attached hydrogens (tertiary/aromatic N) is 3. The van der Waals surface area contributed by atoms with Gasteiger partial charge in [0, 0.05) is 67.1 Å². The van der Waals surface area contributed by atoms with Gasteiger partial charge in [0.05, 0.1) is 19.9 Å². The van der Waals surface area contributed by atoms with Crippen LogP contribution in [0.25, 0.3) is 22.2 Å². The number of nitrogens with one attached hydrogen (secondary N) is 1. The molecule has 3 heterocycles. The fourth-order valence-electron chi connectivity index (χ4n) is 6.42. The Morgan fingerprint density at radius 1 is 0.932 bits per heavy atom. The molecule has 5 rings (SSSR count). The van der Waals surface area contributed by atoms with Crippen molar-refractivity contribution in [2.24, 2.45) is 11.8 Å². The van der Waals surface area contributed by atoms with E-state index >= 15 is 0 Å². The number of fused-ring (bicyclic) bond motifs is 2. The van der Waals surface area contributed by atoms with E-state index in [1.165, 1.54) is 4.90 Å². The lowest BCUT2D eigenvalue weighted by Gasteiger charge is -2.26. The maximum absolute atomic E-state index is 13.7. The van der Waals surface area contributed by atoms with E-state index in [-0.39, 0.29) is 36.1 Å². The molecule has 2 unspecified atom stereocenters. The maximum Gasteiger partial charge on any atom is 0.410 e. The van der Waals surface area contributed by atoms with E-state index in [0.717, 1.165) is 27.7 Å². The molecule has 1 aromatic heterocycles. The lowest BCUT2D eigenvalue weighted by atomic mass is 9.95. The van der Waals surface area contributed by atoms with Gasteiger partial charge in [-0.05, 0) is 68.7 Å². The number of likely N-dealkylation sites (tertiary alicyclic amines) is 2. The number of rotatable bonds is 7. The topological polar surface area (TPSA) is 104 Å². The highest BCUT2D eigenvalue weighted by Gasteiger charge is 2.43. The standard InChI is InChI=1S/C34H44N4O6/c1-20(2)30-25-13-22(9-11-26(25)35-31(30)21-10-12-27(42-7)28(14-21)43-8)32(40)38-17-23-15-37(16-24(23)18-38)29(39)19-36(6)33(41)44-34(3,4)5/h9-14,20,23-24,35H,15-19H2,1-8H3. The summed E-state index contributed by atoms with van der Waals surface area (Å²) in [7, 11) is 4.82. The van der Waals surface area contributed by atoms with E-state index in [1.807, 2.05) is 46.2 Å². The van der Waals surface area contributed by atoms with Crippen molar-refractivity contribution in [1.29, 1.82) is 0 Å². The minimum atomic E-state index is -0.621. The summed E-state index contributed by atoms with van der Waals surface area (Å²) in [5.74, 6) is 1.87. The van der Waals surface area contributed by atoms with Crippen LogP contribution in [0, 0.1) is 11.8 Å². The molecule has 1 N–H and O–H groups in total. The summed E-state index contributed by atoms with van der Waals surface area (Å²) < 4.78 is 16.3. The molecule has 2 atom stereocenters. The van der Waals surface area contributed by atoms with Gasteiger partial charge in [-0.2, -0.15) is 0 Å². The molecule has 2 aliphatic rings. The van der Waals surface area contributed by atoms with Gasteiger partial charge >= 0.3 is 6.09 Å². The van der Waals surface area contributed by atoms with Gasteiger partial charge in [-0.1, -0.05) is 13.8 Å². The van der Waals surface area contributed by atoms with Gasteiger partial charge in [-0.25, -0.2) is 4.79 Å². The Morgan fingerprint density at radius 3 is 2.16 bits per heavy atom. The normalized spacial score (nSPS) is 18.1. The first-order valence-corrected chi connectivity index (χ1v) is 15.2. The molecule has 0 bridgehead atoms. The van der Waals surface area contributed by atoms with E-state index in [4.69, 9.17) is 14.2 Å². The highest BCUT2D eigenvalue weighted by atomic mass is 16.6. The highest BCUT2D eigenvalue weighted by Crippen LogP contribution is 2.40. The Labute approximate surface area is 259 Å². The Kier molecular flexibility index (Phi) is 8.55. The summed E-state index contributed by atoms with van der Waals surface area (Å²) in [6, 6.07) is 11.8. The zero-order valence-corrected chi connectivity index (χ0v) is 27.0.